The standard InChI is InChI=1S/C25H20Cl2F4N4O6S/c1-3-34(4-2)42(38,39)18-10-20(35(13-18)41-24(37)25(29,30)31)23(36)33-12-15-5-6-19(27)22(21(15)28)40-17-8-14(11-32)7-16(26)9-17/h5-10,13H,3-4,12H2,1-2H3,(H,33,36). The summed E-state index contributed by atoms with van der Waals surface area (Å²) in [6, 6.07) is 8.91. The molecule has 10 nitrogen and oxygen atoms in total. The minimum absolute atomic E-state index is 0.00113. The number of aromatic nitrogens is 1. The van der Waals surface area contributed by atoms with Crippen molar-refractivity contribution in [1.29, 1.82) is 5.26 Å². The lowest BCUT2D eigenvalue weighted by Crippen LogP contribution is -2.35. The van der Waals surface area contributed by atoms with Crippen LogP contribution in [0.2, 0.25) is 10.0 Å². The van der Waals surface area contributed by atoms with Gasteiger partial charge in [0.1, 0.15) is 16.3 Å². The summed E-state index contributed by atoms with van der Waals surface area (Å²) < 4.78 is 86.2. The highest BCUT2D eigenvalue weighted by molar-refractivity contribution is 7.89. The summed E-state index contributed by atoms with van der Waals surface area (Å²) in [4.78, 5) is 28.0. The molecule has 0 aliphatic carbocycles. The smallest absolute Gasteiger partial charge is 0.453 e. The van der Waals surface area contributed by atoms with Crippen LogP contribution in [-0.2, 0) is 21.4 Å². The lowest BCUT2D eigenvalue weighted by molar-refractivity contribution is -0.200. The maximum atomic E-state index is 15.3. The number of benzene rings is 2. The van der Waals surface area contributed by atoms with Gasteiger partial charge in [0.15, 0.2) is 11.6 Å². The highest BCUT2D eigenvalue weighted by atomic mass is 35.5. The molecule has 42 heavy (non-hydrogen) atoms. The van der Waals surface area contributed by atoms with Crippen molar-refractivity contribution >= 4 is 45.1 Å². The molecule has 17 heteroatoms. The Morgan fingerprint density at radius 3 is 2.38 bits per heavy atom. The van der Waals surface area contributed by atoms with Crippen molar-refractivity contribution in [3.05, 3.63) is 75.3 Å². The molecule has 0 radical (unpaired) electrons. The fourth-order valence-corrected chi connectivity index (χ4v) is 5.41. The monoisotopic (exact) mass is 650 g/mol. The van der Waals surface area contributed by atoms with Crippen LogP contribution in [0.15, 0.2) is 47.5 Å². The zero-order chi connectivity index (χ0) is 31.4. The van der Waals surface area contributed by atoms with Crippen molar-refractivity contribution in [2.45, 2.75) is 31.5 Å². The van der Waals surface area contributed by atoms with Gasteiger partial charge < -0.3 is 14.9 Å². The lowest BCUT2D eigenvalue weighted by atomic mass is 10.2. The van der Waals surface area contributed by atoms with Gasteiger partial charge in [0.2, 0.25) is 10.0 Å². The second-order valence-electron chi connectivity index (χ2n) is 8.27. The molecule has 0 unspecified atom stereocenters. The van der Waals surface area contributed by atoms with E-state index in [1.165, 1.54) is 44.2 Å². The van der Waals surface area contributed by atoms with Gasteiger partial charge in [-0.05, 0) is 30.3 Å². The van der Waals surface area contributed by atoms with Gasteiger partial charge >= 0.3 is 12.1 Å². The largest absolute Gasteiger partial charge is 0.493 e. The Kier molecular flexibility index (Phi) is 10.1. The third kappa shape index (κ3) is 7.32. The predicted octanol–water partition coefficient (Wildman–Crippen LogP) is 5.08. The van der Waals surface area contributed by atoms with E-state index in [9.17, 15) is 31.2 Å². The molecule has 0 fully saturated rings. The van der Waals surface area contributed by atoms with Gasteiger partial charge in [-0.3, -0.25) is 4.79 Å². The van der Waals surface area contributed by atoms with Crippen LogP contribution >= 0.6 is 23.2 Å². The fraction of sp³-hybridized carbons (Fsp3) is 0.240. The number of amides is 1. The number of hydrogen-bond acceptors (Lipinski definition) is 7. The van der Waals surface area contributed by atoms with Gasteiger partial charge in [0.25, 0.3) is 5.91 Å². The maximum Gasteiger partial charge on any atom is 0.493 e. The second kappa shape index (κ2) is 13.0. The Balaban J connectivity index is 1.92. The molecule has 1 N–H and O–H groups in total. The van der Waals surface area contributed by atoms with E-state index < -0.39 is 56.8 Å². The van der Waals surface area contributed by atoms with E-state index in [1.807, 2.05) is 6.07 Å². The molecule has 0 aliphatic heterocycles. The van der Waals surface area contributed by atoms with E-state index in [4.69, 9.17) is 33.2 Å². The predicted molar refractivity (Wildman–Crippen MR) is 141 cm³/mol. The summed E-state index contributed by atoms with van der Waals surface area (Å²) >= 11 is 12.0. The number of ether oxygens (including phenoxy) is 1. The van der Waals surface area contributed by atoms with Gasteiger partial charge in [0, 0.05) is 30.2 Å². The average molecular weight is 651 g/mol. The van der Waals surface area contributed by atoms with Crippen molar-refractivity contribution in [2.24, 2.45) is 0 Å². The first kappa shape index (κ1) is 32.7. The Morgan fingerprint density at radius 1 is 1.12 bits per heavy atom. The van der Waals surface area contributed by atoms with Crippen molar-refractivity contribution in [3.63, 3.8) is 0 Å². The Morgan fingerprint density at radius 2 is 1.79 bits per heavy atom. The first-order chi connectivity index (χ1) is 19.6. The molecule has 2 aromatic carbocycles. The molecule has 224 valence electrons. The van der Waals surface area contributed by atoms with Crippen molar-refractivity contribution in [1.82, 2.24) is 14.4 Å². The van der Waals surface area contributed by atoms with Gasteiger partial charge in [-0.25, -0.2) is 17.6 Å². The Hall–Kier alpha value is -3.84. The summed E-state index contributed by atoms with van der Waals surface area (Å²) in [7, 11) is -4.29. The van der Waals surface area contributed by atoms with E-state index in [0.717, 1.165) is 4.31 Å². The van der Waals surface area contributed by atoms with Crippen LogP contribution in [-0.4, -0.2) is 48.6 Å². The maximum absolute atomic E-state index is 15.3. The van der Waals surface area contributed by atoms with Gasteiger partial charge in [-0.2, -0.15) is 27.5 Å². The summed E-state index contributed by atoms with van der Waals surface area (Å²) in [5.41, 5.74) is -0.882. The summed E-state index contributed by atoms with van der Waals surface area (Å²) in [5.74, 6) is -5.47. The quantitative estimate of drug-likeness (QED) is 0.303. The number of nitriles is 1. The van der Waals surface area contributed by atoms with E-state index in [0.29, 0.717) is 12.3 Å². The number of nitrogens with zero attached hydrogens (tertiary/aromatic N) is 3. The summed E-state index contributed by atoms with van der Waals surface area (Å²) in [5, 5.41) is 11.3. The van der Waals surface area contributed by atoms with Crippen LogP contribution in [0, 0.1) is 17.1 Å². The average Bonchev–Trinajstić information content (AvgIpc) is 3.35. The molecule has 0 bridgehead atoms. The highest BCUT2D eigenvalue weighted by Gasteiger charge is 2.42. The van der Waals surface area contributed by atoms with Crippen molar-refractivity contribution < 1.29 is 45.1 Å². The summed E-state index contributed by atoms with van der Waals surface area (Å²) in [6.45, 7) is 2.45. The molecular formula is C25H20Cl2F4N4O6S. The molecule has 0 atom stereocenters. The molecule has 0 spiro atoms. The van der Waals surface area contributed by atoms with Crippen LogP contribution < -0.4 is 14.9 Å². The third-order valence-corrected chi connectivity index (χ3v) is 8.07. The zero-order valence-electron chi connectivity index (χ0n) is 21.6. The molecule has 0 saturated heterocycles. The van der Waals surface area contributed by atoms with Gasteiger partial charge in [-0.15, -0.1) is 0 Å². The SMILES string of the molecule is CCN(CC)S(=O)(=O)c1cc(C(=O)NCc2ccc(Cl)c(Oc3cc(Cl)cc(C#N)c3)c2F)n(OC(=O)C(F)(F)F)c1. The number of sulfonamides is 1. The normalized spacial score (nSPS) is 11.7. The third-order valence-electron chi connectivity index (χ3n) is 5.54. The van der Waals surface area contributed by atoms with Crippen LogP contribution in [0.3, 0.4) is 0 Å². The first-order valence-corrected chi connectivity index (χ1v) is 14.0. The van der Waals surface area contributed by atoms with Crippen molar-refractivity contribution in [2.75, 3.05) is 13.1 Å². The Labute approximate surface area is 246 Å². The second-order valence-corrected chi connectivity index (χ2v) is 11.1. The number of nitrogens with one attached hydrogen (secondary N) is 1. The number of carbonyl (C=O) groups excluding carboxylic acids is 2. The topological polar surface area (TPSA) is 131 Å². The molecule has 0 saturated carbocycles. The molecule has 3 rings (SSSR count). The molecule has 3 aromatic rings. The minimum Gasteiger partial charge on any atom is -0.453 e. The van der Waals surface area contributed by atoms with E-state index in [2.05, 4.69) is 10.2 Å². The van der Waals surface area contributed by atoms with Gasteiger partial charge in [-0.1, -0.05) is 43.1 Å². The lowest BCUT2D eigenvalue weighted by Gasteiger charge is -2.17. The zero-order valence-corrected chi connectivity index (χ0v) is 24.0. The number of rotatable bonds is 10. The number of alkyl halides is 3. The van der Waals surface area contributed by atoms with Crippen LogP contribution in [0.25, 0.3) is 0 Å². The highest BCUT2D eigenvalue weighted by Crippen LogP contribution is 2.35. The molecule has 1 amide bonds. The fourth-order valence-electron chi connectivity index (χ4n) is 3.53. The molecule has 1 aromatic heterocycles. The van der Waals surface area contributed by atoms with Crippen LogP contribution in [0.1, 0.15) is 35.5 Å². The van der Waals surface area contributed by atoms with E-state index in [1.54, 1.807) is 0 Å². The van der Waals surface area contributed by atoms with Crippen molar-refractivity contribution in [3.8, 4) is 17.6 Å². The first-order valence-electron chi connectivity index (χ1n) is 11.8. The number of hydrogen-bond donors (Lipinski definition) is 1. The van der Waals surface area contributed by atoms with Crippen LogP contribution in [0.4, 0.5) is 17.6 Å². The number of halogens is 6. The summed E-state index contributed by atoms with van der Waals surface area (Å²) in [6.07, 6.45) is -4.92. The molecular weight excluding hydrogens is 631 g/mol. The molecule has 0 aliphatic rings. The van der Waals surface area contributed by atoms with E-state index in [-0.39, 0.29) is 44.7 Å². The van der Waals surface area contributed by atoms with Gasteiger partial charge in [0.05, 0.1) is 22.9 Å². The number of carbonyl (C=O) groups is 2. The van der Waals surface area contributed by atoms with Crippen LogP contribution in [0.5, 0.6) is 11.5 Å². The minimum atomic E-state index is -5.46. The van der Waals surface area contributed by atoms with E-state index >= 15 is 4.39 Å². The Bertz CT molecular complexity index is 1670. The molecule has 1 heterocycles.